The van der Waals surface area contributed by atoms with E-state index in [1.165, 1.54) is 14.2 Å². The zero-order valence-corrected chi connectivity index (χ0v) is 16.3. The molecule has 1 aromatic carbocycles. The molecule has 2 aliphatic rings. The monoisotopic (exact) mass is 383 g/mol. The first kappa shape index (κ1) is 19.9. The Bertz CT molecular complexity index is 846. The van der Waals surface area contributed by atoms with Crippen LogP contribution in [0.5, 0.6) is 0 Å². The predicted molar refractivity (Wildman–Crippen MR) is 105 cm³/mol. The third-order valence-corrected chi connectivity index (χ3v) is 5.13. The van der Waals surface area contributed by atoms with Crippen LogP contribution in [0.3, 0.4) is 0 Å². The molecule has 1 heterocycles. The molecule has 1 aliphatic carbocycles. The van der Waals surface area contributed by atoms with Crippen molar-refractivity contribution < 1.29 is 24.2 Å². The van der Waals surface area contributed by atoms with E-state index in [2.05, 4.69) is 6.08 Å². The fourth-order valence-corrected chi connectivity index (χ4v) is 3.38. The van der Waals surface area contributed by atoms with Gasteiger partial charge in [0.1, 0.15) is 0 Å². The van der Waals surface area contributed by atoms with Gasteiger partial charge in [0.05, 0.1) is 38.0 Å². The highest BCUT2D eigenvalue weighted by Gasteiger charge is 2.34. The van der Waals surface area contributed by atoms with Gasteiger partial charge in [-0.25, -0.2) is 9.59 Å². The van der Waals surface area contributed by atoms with Gasteiger partial charge in [-0.1, -0.05) is 30.3 Å². The maximum Gasteiger partial charge on any atom is 0.340 e. The SMILES string of the molecule is COC(=O)C1=C/C(c2ccc(CO)cc2)=C\C(C2CC2)N(C)/C=C\1C(=O)OC. The average Bonchev–Trinajstić information content (AvgIpc) is 3.55. The van der Waals surface area contributed by atoms with E-state index < -0.39 is 11.9 Å². The number of hydrogen-bond donors (Lipinski definition) is 1. The van der Waals surface area contributed by atoms with Gasteiger partial charge < -0.3 is 19.5 Å². The van der Waals surface area contributed by atoms with E-state index in [1.54, 1.807) is 12.3 Å². The third-order valence-electron chi connectivity index (χ3n) is 5.13. The highest BCUT2D eigenvalue weighted by molar-refractivity contribution is 6.08. The maximum absolute atomic E-state index is 12.5. The van der Waals surface area contributed by atoms with Crippen molar-refractivity contribution in [3.8, 4) is 0 Å². The van der Waals surface area contributed by atoms with Crippen LogP contribution in [-0.4, -0.2) is 49.3 Å². The number of carbonyl (C=O) groups excluding carboxylic acids is 2. The highest BCUT2D eigenvalue weighted by Crippen LogP contribution is 2.39. The number of benzene rings is 1. The van der Waals surface area contributed by atoms with E-state index in [9.17, 15) is 14.7 Å². The van der Waals surface area contributed by atoms with Gasteiger partial charge in [0.25, 0.3) is 0 Å². The summed E-state index contributed by atoms with van der Waals surface area (Å²) in [5.74, 6) is -0.692. The fourth-order valence-electron chi connectivity index (χ4n) is 3.38. The van der Waals surface area contributed by atoms with Gasteiger partial charge in [0, 0.05) is 13.2 Å². The number of hydrogen-bond acceptors (Lipinski definition) is 6. The van der Waals surface area contributed by atoms with E-state index in [0.29, 0.717) is 5.92 Å². The number of allylic oxidation sites excluding steroid dienone is 2. The lowest BCUT2D eigenvalue weighted by Crippen LogP contribution is -2.30. The molecule has 0 radical (unpaired) electrons. The van der Waals surface area contributed by atoms with Crippen molar-refractivity contribution in [3.63, 3.8) is 0 Å². The van der Waals surface area contributed by atoms with Crippen molar-refractivity contribution in [2.75, 3.05) is 21.3 Å². The summed E-state index contributed by atoms with van der Waals surface area (Å²) in [4.78, 5) is 26.8. The van der Waals surface area contributed by atoms with Crippen molar-refractivity contribution in [3.05, 3.63) is 64.9 Å². The number of esters is 2. The smallest absolute Gasteiger partial charge is 0.340 e. The Hall–Kier alpha value is -2.86. The third kappa shape index (κ3) is 4.17. The van der Waals surface area contributed by atoms with Crippen molar-refractivity contribution in [1.82, 2.24) is 4.90 Å². The highest BCUT2D eigenvalue weighted by atomic mass is 16.5. The fraction of sp³-hybridized carbons (Fsp3) is 0.364. The van der Waals surface area contributed by atoms with E-state index in [0.717, 1.165) is 29.5 Å². The van der Waals surface area contributed by atoms with Crippen molar-refractivity contribution in [2.45, 2.75) is 25.5 Å². The second kappa shape index (κ2) is 8.44. The first-order chi connectivity index (χ1) is 13.5. The summed E-state index contributed by atoms with van der Waals surface area (Å²) in [5.41, 5.74) is 2.83. The molecule has 1 N–H and O–H groups in total. The van der Waals surface area contributed by atoms with Gasteiger partial charge in [-0.05, 0) is 41.5 Å². The predicted octanol–water partition coefficient (Wildman–Crippen LogP) is 2.44. The zero-order valence-electron chi connectivity index (χ0n) is 16.3. The summed E-state index contributed by atoms with van der Waals surface area (Å²) in [6.45, 7) is -0.0365. The molecule has 0 bridgehead atoms. The molecule has 6 heteroatoms. The molecule has 1 atom stereocenters. The molecule has 0 saturated heterocycles. The minimum absolute atomic E-state index is 0.0365. The number of nitrogens with zero attached hydrogens (tertiary/aromatic N) is 1. The van der Waals surface area contributed by atoms with E-state index in [4.69, 9.17) is 9.47 Å². The lowest BCUT2D eigenvalue weighted by atomic mass is 9.93. The van der Waals surface area contributed by atoms with Gasteiger partial charge in [-0.15, -0.1) is 0 Å². The molecule has 3 rings (SSSR count). The van der Waals surface area contributed by atoms with Crippen LogP contribution in [0.15, 0.2) is 53.8 Å². The van der Waals surface area contributed by atoms with Gasteiger partial charge >= 0.3 is 11.9 Å². The minimum atomic E-state index is -0.604. The van der Waals surface area contributed by atoms with E-state index in [1.807, 2.05) is 36.2 Å². The molecule has 6 nitrogen and oxygen atoms in total. The molecule has 1 aliphatic heterocycles. The Labute approximate surface area is 164 Å². The molecule has 148 valence electrons. The number of aliphatic hydroxyl groups excluding tert-OH is 1. The normalized spacial score (nSPS) is 25.2. The van der Waals surface area contributed by atoms with Crippen LogP contribution in [0.25, 0.3) is 5.57 Å². The van der Waals surface area contributed by atoms with Crippen molar-refractivity contribution in [1.29, 1.82) is 0 Å². The number of aliphatic hydroxyl groups is 1. The van der Waals surface area contributed by atoms with Crippen LogP contribution in [0.4, 0.5) is 0 Å². The molecule has 1 unspecified atom stereocenters. The van der Waals surface area contributed by atoms with Crippen LogP contribution in [0.2, 0.25) is 0 Å². The Morgan fingerprint density at radius 2 is 1.68 bits per heavy atom. The summed E-state index contributed by atoms with van der Waals surface area (Å²) >= 11 is 0. The van der Waals surface area contributed by atoms with E-state index >= 15 is 0 Å². The molecule has 1 aromatic rings. The lowest BCUT2D eigenvalue weighted by molar-refractivity contribution is -0.139. The van der Waals surface area contributed by atoms with E-state index in [-0.39, 0.29) is 23.8 Å². The molecule has 28 heavy (non-hydrogen) atoms. The Balaban J connectivity index is 2.16. The number of ether oxygens (including phenoxy) is 2. The topological polar surface area (TPSA) is 76.1 Å². The number of rotatable bonds is 5. The van der Waals surface area contributed by atoms with Gasteiger partial charge in [-0.2, -0.15) is 0 Å². The second-order valence-corrected chi connectivity index (χ2v) is 7.05. The largest absolute Gasteiger partial charge is 0.465 e. The molecule has 1 saturated carbocycles. The molecule has 0 aromatic heterocycles. The number of likely N-dealkylation sites (N-methyl/N-ethyl adjacent to an activating group) is 1. The van der Waals surface area contributed by atoms with Gasteiger partial charge in [0.15, 0.2) is 0 Å². The molecule has 1 fully saturated rings. The zero-order chi connectivity index (χ0) is 20.3. The number of methoxy groups -OCH3 is 2. The Kier molecular flexibility index (Phi) is 5.99. The van der Waals surface area contributed by atoms with Crippen LogP contribution < -0.4 is 0 Å². The van der Waals surface area contributed by atoms with Crippen LogP contribution in [-0.2, 0) is 25.7 Å². The number of carbonyl (C=O) groups is 2. The summed E-state index contributed by atoms with van der Waals surface area (Å²) in [7, 11) is 4.47. The molecule has 0 amide bonds. The maximum atomic E-state index is 12.5. The van der Waals surface area contributed by atoms with Crippen LogP contribution in [0.1, 0.15) is 24.0 Å². The van der Waals surface area contributed by atoms with Crippen LogP contribution >= 0.6 is 0 Å². The second-order valence-electron chi connectivity index (χ2n) is 7.05. The van der Waals surface area contributed by atoms with Gasteiger partial charge in [-0.3, -0.25) is 0 Å². The summed E-state index contributed by atoms with van der Waals surface area (Å²) in [6.07, 6.45) is 7.72. The summed E-state index contributed by atoms with van der Waals surface area (Å²) in [5, 5.41) is 9.30. The molecular formula is C22H25NO5. The van der Waals surface area contributed by atoms with Crippen molar-refractivity contribution >= 4 is 17.5 Å². The molecular weight excluding hydrogens is 358 g/mol. The quantitative estimate of drug-likeness (QED) is 0.787. The lowest BCUT2D eigenvalue weighted by Gasteiger charge is -2.28. The summed E-state index contributed by atoms with van der Waals surface area (Å²) in [6, 6.07) is 7.58. The Morgan fingerprint density at radius 1 is 1.07 bits per heavy atom. The Morgan fingerprint density at radius 3 is 2.21 bits per heavy atom. The first-order valence-corrected chi connectivity index (χ1v) is 9.23. The first-order valence-electron chi connectivity index (χ1n) is 9.23. The average molecular weight is 383 g/mol. The standard InChI is InChI=1S/C22H25NO5/c1-23-12-19(22(26)28-3)18(21(25)27-2)10-17(11-20(23)16-8-9-16)15-6-4-14(13-24)5-7-15/h4-7,10-12,16,20,24H,8-9,13H2,1-3H3/b17-11+,18-10+,19-12+. The van der Waals surface area contributed by atoms with Crippen LogP contribution in [0, 0.1) is 5.92 Å². The minimum Gasteiger partial charge on any atom is -0.465 e. The molecule has 0 spiro atoms. The summed E-state index contributed by atoms with van der Waals surface area (Å²) < 4.78 is 9.83. The van der Waals surface area contributed by atoms with Gasteiger partial charge in [0.2, 0.25) is 0 Å². The van der Waals surface area contributed by atoms with Crippen molar-refractivity contribution in [2.24, 2.45) is 5.92 Å².